The van der Waals surface area contributed by atoms with Crippen molar-refractivity contribution in [2.75, 3.05) is 19.0 Å². The predicted molar refractivity (Wildman–Crippen MR) is 102 cm³/mol. The van der Waals surface area contributed by atoms with Crippen LogP contribution in [0.5, 0.6) is 5.88 Å². The number of anilines is 1. The summed E-state index contributed by atoms with van der Waals surface area (Å²) in [4.78, 5) is 22.6. The molecule has 0 aliphatic heterocycles. The Bertz CT molecular complexity index is 838. The number of nitrogens with one attached hydrogen (secondary N) is 1. The number of carbonyl (C=O) groups excluding carboxylic acids is 1. The molecule has 1 N–H and O–H groups in total. The Labute approximate surface area is 159 Å². The van der Waals surface area contributed by atoms with Crippen LogP contribution in [0.15, 0.2) is 36.7 Å². The van der Waals surface area contributed by atoms with Crippen LogP contribution >= 0.6 is 0 Å². The van der Waals surface area contributed by atoms with Crippen LogP contribution in [0.1, 0.15) is 41.7 Å². The highest BCUT2D eigenvalue weighted by Crippen LogP contribution is 2.24. The molecule has 0 radical (unpaired) electrons. The lowest BCUT2D eigenvalue weighted by Crippen LogP contribution is -2.39. The summed E-state index contributed by atoms with van der Waals surface area (Å²) in [5.74, 6) is 0.233. The molecule has 1 heterocycles. The van der Waals surface area contributed by atoms with E-state index in [1.165, 1.54) is 12.4 Å². The zero-order valence-corrected chi connectivity index (χ0v) is 15.6. The van der Waals surface area contributed by atoms with Gasteiger partial charge in [0.15, 0.2) is 0 Å². The molecule has 0 bridgehead atoms. The molecule has 1 aromatic heterocycles. The van der Waals surface area contributed by atoms with E-state index in [2.05, 4.69) is 15.3 Å². The Kier molecular flexibility index (Phi) is 5.87. The van der Waals surface area contributed by atoms with Crippen LogP contribution in [0.4, 0.5) is 5.69 Å². The average molecular weight is 365 g/mol. The number of nitrogens with zero attached hydrogens (tertiary/aromatic N) is 4. The molecule has 0 atom stereocenters. The van der Waals surface area contributed by atoms with Gasteiger partial charge in [-0.2, -0.15) is 5.26 Å². The van der Waals surface area contributed by atoms with E-state index in [1.54, 1.807) is 0 Å². The molecule has 1 aliphatic rings. The third-order valence-electron chi connectivity index (χ3n) is 4.68. The lowest BCUT2D eigenvalue weighted by atomic mass is 9.92. The van der Waals surface area contributed by atoms with E-state index in [-0.39, 0.29) is 29.6 Å². The number of benzene rings is 1. The molecule has 1 aliphatic carbocycles. The van der Waals surface area contributed by atoms with Crippen molar-refractivity contribution in [1.82, 2.24) is 15.3 Å². The fourth-order valence-electron chi connectivity index (χ4n) is 3.17. The SMILES string of the molecule is CN(C)c1cccc(C(=O)NC2CCC(Oc3nccnc3C#N)CC2)c1. The maximum atomic E-state index is 12.5. The van der Waals surface area contributed by atoms with Crippen LogP contribution in [0.25, 0.3) is 0 Å². The van der Waals surface area contributed by atoms with Crippen LogP contribution in [-0.4, -0.2) is 42.1 Å². The summed E-state index contributed by atoms with van der Waals surface area (Å²) in [6.07, 6.45) is 6.22. The maximum absolute atomic E-state index is 12.5. The fraction of sp³-hybridized carbons (Fsp3) is 0.400. The fourth-order valence-corrected chi connectivity index (χ4v) is 3.17. The third-order valence-corrected chi connectivity index (χ3v) is 4.68. The Balaban J connectivity index is 1.53. The molecule has 2 aromatic rings. The molecule has 1 amide bonds. The monoisotopic (exact) mass is 365 g/mol. The van der Waals surface area contributed by atoms with E-state index >= 15 is 0 Å². The Hall–Kier alpha value is -3.14. The molecule has 0 unspecified atom stereocenters. The first-order chi connectivity index (χ1) is 13.1. The minimum atomic E-state index is -0.0521. The molecule has 0 saturated heterocycles. The van der Waals surface area contributed by atoms with Crippen molar-refractivity contribution in [3.8, 4) is 11.9 Å². The third kappa shape index (κ3) is 4.73. The number of hydrogen-bond donors (Lipinski definition) is 1. The molecule has 1 aromatic carbocycles. The lowest BCUT2D eigenvalue weighted by Gasteiger charge is -2.29. The number of nitriles is 1. The molecule has 0 spiro atoms. The van der Waals surface area contributed by atoms with E-state index in [0.29, 0.717) is 5.56 Å². The minimum Gasteiger partial charge on any atom is -0.472 e. The average Bonchev–Trinajstić information content (AvgIpc) is 2.70. The largest absolute Gasteiger partial charge is 0.472 e. The quantitative estimate of drug-likeness (QED) is 0.875. The molecule has 7 heteroatoms. The topological polar surface area (TPSA) is 91.1 Å². The second kappa shape index (κ2) is 8.49. The highest BCUT2D eigenvalue weighted by molar-refractivity contribution is 5.95. The zero-order chi connectivity index (χ0) is 19.2. The van der Waals surface area contributed by atoms with E-state index in [0.717, 1.165) is 31.4 Å². The van der Waals surface area contributed by atoms with Crippen molar-refractivity contribution in [1.29, 1.82) is 5.26 Å². The molecular weight excluding hydrogens is 342 g/mol. The van der Waals surface area contributed by atoms with E-state index in [1.807, 2.05) is 49.3 Å². The van der Waals surface area contributed by atoms with Crippen molar-refractivity contribution >= 4 is 11.6 Å². The zero-order valence-electron chi connectivity index (χ0n) is 15.6. The molecule has 140 valence electrons. The number of amides is 1. The second-order valence-electron chi connectivity index (χ2n) is 6.83. The summed E-state index contributed by atoms with van der Waals surface area (Å²) in [7, 11) is 3.90. The minimum absolute atomic E-state index is 0.0148. The van der Waals surface area contributed by atoms with Crippen LogP contribution in [0, 0.1) is 11.3 Å². The smallest absolute Gasteiger partial charge is 0.251 e. The highest BCUT2D eigenvalue weighted by Gasteiger charge is 2.25. The van der Waals surface area contributed by atoms with Crippen molar-refractivity contribution < 1.29 is 9.53 Å². The van der Waals surface area contributed by atoms with Crippen LogP contribution in [-0.2, 0) is 0 Å². The van der Waals surface area contributed by atoms with Gasteiger partial charge in [0.25, 0.3) is 11.8 Å². The van der Waals surface area contributed by atoms with Gasteiger partial charge in [0.05, 0.1) is 0 Å². The number of aromatic nitrogens is 2. The first-order valence-electron chi connectivity index (χ1n) is 9.03. The van der Waals surface area contributed by atoms with Gasteiger partial charge in [-0.3, -0.25) is 4.79 Å². The van der Waals surface area contributed by atoms with Crippen LogP contribution < -0.4 is 15.0 Å². The normalized spacial score (nSPS) is 19.0. The first-order valence-corrected chi connectivity index (χ1v) is 9.03. The number of hydrogen-bond acceptors (Lipinski definition) is 6. The van der Waals surface area contributed by atoms with E-state index in [4.69, 9.17) is 10.00 Å². The van der Waals surface area contributed by atoms with Gasteiger partial charge >= 0.3 is 0 Å². The van der Waals surface area contributed by atoms with E-state index in [9.17, 15) is 4.79 Å². The van der Waals surface area contributed by atoms with Gasteiger partial charge in [0.2, 0.25) is 5.69 Å². The van der Waals surface area contributed by atoms with Gasteiger partial charge in [-0.25, -0.2) is 9.97 Å². The van der Waals surface area contributed by atoms with Crippen molar-refractivity contribution in [2.45, 2.75) is 37.8 Å². The maximum Gasteiger partial charge on any atom is 0.251 e. The standard InChI is InChI=1S/C20H23N5O2/c1-25(2)16-5-3-4-14(12-16)19(26)24-15-6-8-17(9-7-15)27-20-18(13-21)22-10-11-23-20/h3-5,10-12,15,17H,6-9H2,1-2H3,(H,24,26). The molecule has 27 heavy (non-hydrogen) atoms. The van der Waals surface area contributed by atoms with Crippen molar-refractivity contribution in [3.05, 3.63) is 47.9 Å². The Morgan fingerprint density at radius 2 is 1.96 bits per heavy atom. The van der Waals surface area contributed by atoms with Crippen LogP contribution in [0.3, 0.4) is 0 Å². The molecule has 1 saturated carbocycles. The van der Waals surface area contributed by atoms with Gasteiger partial charge in [-0.05, 0) is 43.9 Å². The summed E-state index contributed by atoms with van der Waals surface area (Å²) in [5, 5.41) is 12.2. The van der Waals surface area contributed by atoms with Crippen LogP contribution in [0.2, 0.25) is 0 Å². The van der Waals surface area contributed by atoms with Gasteiger partial charge in [-0.1, -0.05) is 6.07 Å². The molecule has 7 nitrogen and oxygen atoms in total. The first kappa shape index (κ1) is 18.6. The highest BCUT2D eigenvalue weighted by atomic mass is 16.5. The molecule has 1 fully saturated rings. The summed E-state index contributed by atoms with van der Waals surface area (Å²) in [6.45, 7) is 0. The molecule has 3 rings (SSSR count). The predicted octanol–water partition coefficient (Wildman–Crippen LogP) is 2.53. The summed E-state index contributed by atoms with van der Waals surface area (Å²) in [6, 6.07) is 9.70. The Morgan fingerprint density at radius 1 is 1.22 bits per heavy atom. The van der Waals surface area contributed by atoms with Gasteiger partial charge in [0.1, 0.15) is 12.2 Å². The van der Waals surface area contributed by atoms with E-state index < -0.39 is 0 Å². The van der Waals surface area contributed by atoms with Gasteiger partial charge < -0.3 is 15.0 Å². The number of rotatable bonds is 5. The van der Waals surface area contributed by atoms with Gasteiger partial charge in [0, 0.05) is 43.8 Å². The lowest BCUT2D eigenvalue weighted by molar-refractivity contribution is 0.0889. The number of ether oxygens (including phenoxy) is 1. The van der Waals surface area contributed by atoms with Gasteiger partial charge in [-0.15, -0.1) is 0 Å². The van der Waals surface area contributed by atoms with Crippen molar-refractivity contribution in [2.24, 2.45) is 0 Å². The summed E-state index contributed by atoms with van der Waals surface area (Å²) >= 11 is 0. The molecular formula is C20H23N5O2. The summed E-state index contributed by atoms with van der Waals surface area (Å²) < 4.78 is 5.84. The number of carbonyl (C=O) groups is 1. The van der Waals surface area contributed by atoms with Crippen molar-refractivity contribution in [3.63, 3.8) is 0 Å². The Morgan fingerprint density at radius 3 is 2.67 bits per heavy atom. The summed E-state index contributed by atoms with van der Waals surface area (Å²) in [5.41, 5.74) is 1.86. The second-order valence-corrected chi connectivity index (χ2v) is 6.83.